The van der Waals surface area contributed by atoms with Gasteiger partial charge in [-0.2, -0.15) is 5.10 Å². The summed E-state index contributed by atoms with van der Waals surface area (Å²) in [5, 5.41) is 7.09. The van der Waals surface area contributed by atoms with Gasteiger partial charge in [0, 0.05) is 24.8 Å². The lowest BCUT2D eigenvalue weighted by atomic mass is 9.86. The Morgan fingerprint density at radius 2 is 1.90 bits per heavy atom. The number of amides is 2. The van der Waals surface area contributed by atoms with Crippen LogP contribution in [0.15, 0.2) is 12.4 Å². The zero-order chi connectivity index (χ0) is 15.8. The largest absolute Gasteiger partial charge is 0.340 e. The highest BCUT2D eigenvalue weighted by Gasteiger charge is 2.51. The second-order valence-electron chi connectivity index (χ2n) is 6.29. The van der Waals surface area contributed by atoms with E-state index in [0.717, 1.165) is 12.1 Å². The van der Waals surface area contributed by atoms with E-state index in [0.29, 0.717) is 13.0 Å². The number of carbonyl (C=O) groups excluding carboxylic acids is 2. The molecule has 0 spiro atoms. The van der Waals surface area contributed by atoms with Crippen LogP contribution >= 0.6 is 0 Å². The van der Waals surface area contributed by atoms with Crippen LogP contribution in [0.5, 0.6) is 0 Å². The van der Waals surface area contributed by atoms with E-state index in [9.17, 15) is 9.59 Å². The standard InChI is InChI=1S/C15H24N4O2/c1-6-15(5)13(21)19(14(3,4)12(20)17-15)10-11-8-16-18(7-2)9-11/h8-9H,6-7,10H2,1-5H3,(H,17,20). The lowest BCUT2D eigenvalue weighted by Crippen LogP contribution is -2.72. The van der Waals surface area contributed by atoms with E-state index in [-0.39, 0.29) is 11.8 Å². The third-order valence-electron chi connectivity index (χ3n) is 4.40. The highest BCUT2D eigenvalue weighted by molar-refractivity contribution is 6.01. The van der Waals surface area contributed by atoms with Gasteiger partial charge in [-0.25, -0.2) is 0 Å². The van der Waals surface area contributed by atoms with Crippen molar-refractivity contribution in [3.63, 3.8) is 0 Å². The smallest absolute Gasteiger partial charge is 0.249 e. The minimum absolute atomic E-state index is 0.0427. The fourth-order valence-electron chi connectivity index (χ4n) is 2.48. The Bertz CT molecular complexity index is 564. The van der Waals surface area contributed by atoms with Gasteiger partial charge in [0.25, 0.3) is 0 Å². The average Bonchev–Trinajstić information content (AvgIpc) is 2.90. The predicted octanol–water partition coefficient (Wildman–Crippen LogP) is 1.31. The maximum absolute atomic E-state index is 12.8. The topological polar surface area (TPSA) is 67.2 Å². The monoisotopic (exact) mass is 292 g/mol. The van der Waals surface area contributed by atoms with Crippen LogP contribution in [0, 0.1) is 0 Å². The second-order valence-corrected chi connectivity index (χ2v) is 6.29. The summed E-state index contributed by atoms with van der Waals surface area (Å²) in [5.74, 6) is -0.159. The molecule has 1 N–H and O–H groups in total. The first-order valence-corrected chi connectivity index (χ1v) is 7.40. The molecule has 1 saturated heterocycles. The Morgan fingerprint density at radius 1 is 1.24 bits per heavy atom. The van der Waals surface area contributed by atoms with E-state index in [1.165, 1.54) is 0 Å². The number of nitrogens with zero attached hydrogens (tertiary/aromatic N) is 3. The van der Waals surface area contributed by atoms with Crippen molar-refractivity contribution < 1.29 is 9.59 Å². The molecule has 1 aliphatic heterocycles. The van der Waals surface area contributed by atoms with Gasteiger partial charge in [-0.15, -0.1) is 0 Å². The number of hydrogen-bond donors (Lipinski definition) is 1. The summed E-state index contributed by atoms with van der Waals surface area (Å²) in [7, 11) is 0. The number of rotatable bonds is 4. The third kappa shape index (κ3) is 2.54. The van der Waals surface area contributed by atoms with Crippen LogP contribution in [-0.4, -0.2) is 37.6 Å². The molecule has 21 heavy (non-hydrogen) atoms. The predicted molar refractivity (Wildman–Crippen MR) is 79.4 cm³/mol. The molecule has 0 aliphatic carbocycles. The van der Waals surface area contributed by atoms with Crippen molar-refractivity contribution in [2.24, 2.45) is 0 Å². The lowest BCUT2D eigenvalue weighted by molar-refractivity contribution is -0.161. The van der Waals surface area contributed by atoms with E-state index in [1.807, 2.05) is 24.7 Å². The van der Waals surface area contributed by atoms with Gasteiger partial charge in [0.05, 0.1) is 6.20 Å². The number of piperazine rings is 1. The minimum Gasteiger partial charge on any atom is -0.340 e. The normalized spacial score (nSPS) is 25.1. The maximum atomic E-state index is 12.8. The summed E-state index contributed by atoms with van der Waals surface area (Å²) < 4.78 is 1.82. The van der Waals surface area contributed by atoms with Crippen molar-refractivity contribution >= 4 is 11.8 Å². The van der Waals surface area contributed by atoms with Crippen molar-refractivity contribution in [1.29, 1.82) is 0 Å². The van der Waals surface area contributed by atoms with Gasteiger partial charge in [0.2, 0.25) is 11.8 Å². The number of aromatic nitrogens is 2. The number of aryl methyl sites for hydroxylation is 1. The van der Waals surface area contributed by atoms with E-state index >= 15 is 0 Å². The van der Waals surface area contributed by atoms with Crippen LogP contribution in [0.1, 0.15) is 46.6 Å². The first kappa shape index (κ1) is 15.5. The highest BCUT2D eigenvalue weighted by Crippen LogP contribution is 2.29. The summed E-state index contributed by atoms with van der Waals surface area (Å²) >= 11 is 0. The Kier molecular flexibility index (Phi) is 3.82. The molecule has 1 atom stereocenters. The molecule has 2 heterocycles. The van der Waals surface area contributed by atoms with Crippen LogP contribution < -0.4 is 5.32 Å². The molecule has 116 valence electrons. The second kappa shape index (κ2) is 5.16. The van der Waals surface area contributed by atoms with Crippen molar-refractivity contribution in [1.82, 2.24) is 20.0 Å². The molecule has 1 aliphatic rings. The Morgan fingerprint density at radius 3 is 2.43 bits per heavy atom. The zero-order valence-electron chi connectivity index (χ0n) is 13.4. The molecule has 6 heteroatoms. The van der Waals surface area contributed by atoms with Crippen LogP contribution in [0.25, 0.3) is 0 Å². The molecule has 6 nitrogen and oxygen atoms in total. The Balaban J connectivity index is 2.32. The van der Waals surface area contributed by atoms with Crippen molar-refractivity contribution in [3.05, 3.63) is 18.0 Å². The number of nitrogens with one attached hydrogen (secondary N) is 1. The SMILES string of the molecule is CCn1cc(CN2C(=O)C(C)(CC)NC(=O)C2(C)C)cn1. The molecule has 0 radical (unpaired) electrons. The van der Waals surface area contributed by atoms with Crippen LogP contribution in [0.2, 0.25) is 0 Å². The molecule has 1 aromatic heterocycles. The Hall–Kier alpha value is -1.85. The van der Waals surface area contributed by atoms with E-state index in [2.05, 4.69) is 10.4 Å². The molecular formula is C15H24N4O2. The Labute approximate surface area is 125 Å². The molecule has 2 rings (SSSR count). The van der Waals surface area contributed by atoms with E-state index < -0.39 is 11.1 Å². The molecule has 0 aromatic carbocycles. The maximum Gasteiger partial charge on any atom is 0.249 e. The minimum atomic E-state index is -0.861. The quantitative estimate of drug-likeness (QED) is 0.910. The van der Waals surface area contributed by atoms with Crippen molar-refractivity contribution in [2.75, 3.05) is 0 Å². The molecule has 0 bridgehead atoms. The first-order chi connectivity index (χ1) is 9.74. The van der Waals surface area contributed by atoms with Gasteiger partial charge >= 0.3 is 0 Å². The van der Waals surface area contributed by atoms with Gasteiger partial charge < -0.3 is 10.2 Å². The van der Waals surface area contributed by atoms with Gasteiger partial charge in [-0.3, -0.25) is 14.3 Å². The fraction of sp³-hybridized carbons (Fsp3) is 0.667. The van der Waals surface area contributed by atoms with Crippen molar-refractivity contribution in [3.8, 4) is 0 Å². The summed E-state index contributed by atoms with van der Waals surface area (Å²) in [4.78, 5) is 26.8. The molecular weight excluding hydrogens is 268 g/mol. The van der Waals surface area contributed by atoms with Gasteiger partial charge in [-0.05, 0) is 34.1 Å². The van der Waals surface area contributed by atoms with Gasteiger partial charge in [0.15, 0.2) is 0 Å². The summed E-state index contributed by atoms with van der Waals surface area (Å²) in [6, 6.07) is 0. The molecule has 1 unspecified atom stereocenters. The van der Waals surface area contributed by atoms with E-state index in [4.69, 9.17) is 0 Å². The molecule has 1 aromatic rings. The third-order valence-corrected chi connectivity index (χ3v) is 4.40. The highest BCUT2D eigenvalue weighted by atomic mass is 16.2. The number of carbonyl (C=O) groups is 2. The van der Waals surface area contributed by atoms with Gasteiger partial charge in [-0.1, -0.05) is 6.92 Å². The van der Waals surface area contributed by atoms with Gasteiger partial charge in [0.1, 0.15) is 11.1 Å². The average molecular weight is 292 g/mol. The van der Waals surface area contributed by atoms with Crippen LogP contribution in [0.4, 0.5) is 0 Å². The van der Waals surface area contributed by atoms with Crippen LogP contribution in [-0.2, 0) is 22.7 Å². The molecule has 2 amide bonds. The summed E-state index contributed by atoms with van der Waals surface area (Å²) in [6.45, 7) is 10.4. The van der Waals surface area contributed by atoms with E-state index in [1.54, 1.807) is 31.9 Å². The summed E-state index contributed by atoms with van der Waals surface area (Å²) in [5.41, 5.74) is -0.751. The first-order valence-electron chi connectivity index (χ1n) is 7.40. The van der Waals surface area contributed by atoms with Crippen LogP contribution in [0.3, 0.4) is 0 Å². The number of hydrogen-bond acceptors (Lipinski definition) is 3. The molecule has 0 saturated carbocycles. The molecule has 1 fully saturated rings. The lowest BCUT2D eigenvalue weighted by Gasteiger charge is -2.48. The summed E-state index contributed by atoms with van der Waals surface area (Å²) in [6.07, 6.45) is 4.24. The fourth-order valence-corrected chi connectivity index (χ4v) is 2.48. The zero-order valence-corrected chi connectivity index (χ0v) is 13.4. The van der Waals surface area contributed by atoms with Crippen molar-refractivity contribution in [2.45, 2.75) is 65.2 Å².